The fourth-order valence-corrected chi connectivity index (χ4v) is 2.53. The highest BCUT2D eigenvalue weighted by molar-refractivity contribution is 5.71. The van der Waals surface area contributed by atoms with Crippen molar-refractivity contribution >= 4 is 12.1 Å². The van der Waals surface area contributed by atoms with Crippen molar-refractivity contribution in [3.05, 3.63) is 35.9 Å². The number of benzene rings is 1. The predicted octanol–water partition coefficient (Wildman–Crippen LogP) is 1.32. The van der Waals surface area contributed by atoms with Crippen LogP contribution >= 0.6 is 0 Å². The van der Waals surface area contributed by atoms with Crippen LogP contribution in [0.2, 0.25) is 0 Å². The lowest BCUT2D eigenvalue weighted by Crippen LogP contribution is -2.51. The molecule has 1 aliphatic heterocycles. The Morgan fingerprint density at radius 1 is 1.33 bits per heavy atom. The third-order valence-electron chi connectivity index (χ3n) is 3.52. The molecule has 0 saturated carbocycles. The first kappa shape index (κ1) is 15.3. The molecule has 2 N–H and O–H groups in total. The second-order valence-electron chi connectivity index (χ2n) is 5.40. The summed E-state index contributed by atoms with van der Waals surface area (Å²) < 4.78 is 5.15. The number of aliphatic carboxylic acids is 1. The molecule has 0 aromatic heterocycles. The van der Waals surface area contributed by atoms with Gasteiger partial charge in [0.1, 0.15) is 6.61 Å². The number of carbonyl (C=O) groups excluding carboxylic acids is 1. The maximum absolute atomic E-state index is 11.8. The Hall–Kier alpha value is -2.08. The quantitative estimate of drug-likeness (QED) is 0.875. The number of carbonyl (C=O) groups is 2. The molecule has 1 aromatic carbocycles. The molecule has 1 heterocycles. The van der Waals surface area contributed by atoms with Gasteiger partial charge in [-0.15, -0.1) is 0 Å². The third kappa shape index (κ3) is 4.75. The van der Waals surface area contributed by atoms with Crippen LogP contribution in [0.15, 0.2) is 30.3 Å². The highest BCUT2D eigenvalue weighted by Crippen LogP contribution is 2.16. The van der Waals surface area contributed by atoms with Crippen LogP contribution in [-0.2, 0) is 16.1 Å². The number of carboxylic acids is 1. The summed E-state index contributed by atoms with van der Waals surface area (Å²) in [7, 11) is 1.85. The fraction of sp³-hybridized carbons (Fsp3) is 0.467. The van der Waals surface area contributed by atoms with Crippen LogP contribution in [0, 0.1) is 5.92 Å². The summed E-state index contributed by atoms with van der Waals surface area (Å²) >= 11 is 0. The molecule has 2 rings (SSSR count). The van der Waals surface area contributed by atoms with Crippen LogP contribution < -0.4 is 5.32 Å². The first-order valence-electron chi connectivity index (χ1n) is 6.93. The topological polar surface area (TPSA) is 78.9 Å². The maximum Gasteiger partial charge on any atom is 0.407 e. The van der Waals surface area contributed by atoms with Gasteiger partial charge in [0.25, 0.3) is 0 Å². The Kier molecular flexibility index (Phi) is 5.16. The average Bonchev–Trinajstić information content (AvgIpc) is 2.45. The number of piperidine rings is 1. The number of rotatable bonds is 4. The van der Waals surface area contributed by atoms with E-state index < -0.39 is 18.0 Å². The van der Waals surface area contributed by atoms with E-state index in [1.165, 1.54) is 0 Å². The van der Waals surface area contributed by atoms with Gasteiger partial charge in [0.2, 0.25) is 0 Å². The third-order valence-corrected chi connectivity index (χ3v) is 3.52. The first-order valence-corrected chi connectivity index (χ1v) is 6.93. The average molecular weight is 292 g/mol. The summed E-state index contributed by atoms with van der Waals surface area (Å²) in [6.45, 7) is 1.34. The minimum atomic E-state index is -0.828. The molecule has 6 heteroatoms. The van der Waals surface area contributed by atoms with Crippen LogP contribution in [0.3, 0.4) is 0 Å². The van der Waals surface area contributed by atoms with E-state index in [9.17, 15) is 9.59 Å². The number of alkyl carbamates (subject to hydrolysis) is 1. The Morgan fingerprint density at radius 3 is 2.71 bits per heavy atom. The molecule has 114 valence electrons. The van der Waals surface area contributed by atoms with Crippen molar-refractivity contribution in [2.45, 2.75) is 19.1 Å². The largest absolute Gasteiger partial charge is 0.481 e. The number of likely N-dealkylation sites (tertiary alicyclic amines) is 1. The van der Waals surface area contributed by atoms with Crippen molar-refractivity contribution in [2.24, 2.45) is 5.92 Å². The van der Waals surface area contributed by atoms with E-state index in [1.54, 1.807) is 0 Å². The summed E-state index contributed by atoms with van der Waals surface area (Å²) in [5, 5.41) is 11.8. The molecule has 1 aromatic rings. The van der Waals surface area contributed by atoms with Gasteiger partial charge in [0.05, 0.1) is 5.92 Å². The van der Waals surface area contributed by atoms with Crippen molar-refractivity contribution in [1.82, 2.24) is 10.2 Å². The van der Waals surface area contributed by atoms with Crippen LogP contribution in [0.5, 0.6) is 0 Å². The van der Waals surface area contributed by atoms with Gasteiger partial charge in [-0.05, 0) is 19.0 Å². The lowest BCUT2D eigenvalue weighted by atomic mass is 9.95. The van der Waals surface area contributed by atoms with Crippen LogP contribution in [-0.4, -0.2) is 48.2 Å². The molecular weight excluding hydrogens is 272 g/mol. The van der Waals surface area contributed by atoms with Gasteiger partial charge >= 0.3 is 12.1 Å². The Morgan fingerprint density at radius 2 is 2.05 bits per heavy atom. The van der Waals surface area contributed by atoms with Crippen LogP contribution in [0.1, 0.15) is 12.0 Å². The SMILES string of the molecule is CN1CC(C(=O)O)C[C@H](NC(=O)OCc2ccccc2)C1. The minimum Gasteiger partial charge on any atom is -0.481 e. The van der Waals surface area contributed by atoms with Crippen molar-refractivity contribution < 1.29 is 19.4 Å². The number of carboxylic acid groups (broad SMARTS) is 1. The fourth-order valence-electron chi connectivity index (χ4n) is 2.53. The second kappa shape index (κ2) is 7.08. The number of nitrogens with zero attached hydrogens (tertiary/aromatic N) is 1. The van der Waals surface area contributed by atoms with E-state index in [4.69, 9.17) is 9.84 Å². The van der Waals surface area contributed by atoms with Crippen LogP contribution in [0.25, 0.3) is 0 Å². The number of amides is 1. The number of hydrogen-bond donors (Lipinski definition) is 2. The molecule has 1 fully saturated rings. The van der Waals surface area contributed by atoms with Crippen molar-refractivity contribution in [3.63, 3.8) is 0 Å². The number of nitrogens with one attached hydrogen (secondary N) is 1. The molecule has 6 nitrogen and oxygen atoms in total. The van der Waals surface area contributed by atoms with Gasteiger partial charge in [0.15, 0.2) is 0 Å². The minimum absolute atomic E-state index is 0.201. The van der Waals surface area contributed by atoms with Crippen molar-refractivity contribution in [3.8, 4) is 0 Å². The molecular formula is C15H20N2O4. The summed E-state index contributed by atoms with van der Waals surface area (Å²) in [5.41, 5.74) is 0.914. The van der Waals surface area contributed by atoms with Crippen molar-refractivity contribution in [2.75, 3.05) is 20.1 Å². The molecule has 1 amide bonds. The van der Waals surface area contributed by atoms with E-state index in [2.05, 4.69) is 5.32 Å². The number of likely N-dealkylation sites (N-methyl/N-ethyl adjacent to an activating group) is 1. The molecule has 1 saturated heterocycles. The highest BCUT2D eigenvalue weighted by atomic mass is 16.5. The Balaban J connectivity index is 1.80. The molecule has 0 aliphatic carbocycles. The molecule has 0 spiro atoms. The molecule has 21 heavy (non-hydrogen) atoms. The zero-order chi connectivity index (χ0) is 15.2. The maximum atomic E-state index is 11.8. The lowest BCUT2D eigenvalue weighted by Gasteiger charge is -2.33. The number of hydrogen-bond acceptors (Lipinski definition) is 4. The van der Waals surface area contributed by atoms with Gasteiger partial charge in [-0.3, -0.25) is 4.79 Å². The van der Waals surface area contributed by atoms with E-state index in [-0.39, 0.29) is 12.6 Å². The monoisotopic (exact) mass is 292 g/mol. The highest BCUT2D eigenvalue weighted by Gasteiger charge is 2.30. The Labute approximate surface area is 123 Å². The molecule has 0 bridgehead atoms. The standard InChI is InChI=1S/C15H20N2O4/c1-17-8-12(14(18)19)7-13(9-17)16-15(20)21-10-11-5-3-2-4-6-11/h2-6,12-13H,7-10H2,1H3,(H,16,20)(H,18,19)/t12?,13-/m0/s1. The zero-order valence-corrected chi connectivity index (χ0v) is 12.0. The Bertz CT molecular complexity index is 492. The van der Waals surface area contributed by atoms with E-state index >= 15 is 0 Å². The van der Waals surface area contributed by atoms with E-state index in [1.807, 2.05) is 42.3 Å². The zero-order valence-electron chi connectivity index (χ0n) is 12.0. The second-order valence-corrected chi connectivity index (χ2v) is 5.40. The van der Waals surface area contributed by atoms with E-state index in [0.29, 0.717) is 19.5 Å². The predicted molar refractivity (Wildman–Crippen MR) is 76.8 cm³/mol. The van der Waals surface area contributed by atoms with Gasteiger partial charge < -0.3 is 20.1 Å². The van der Waals surface area contributed by atoms with Crippen LogP contribution in [0.4, 0.5) is 4.79 Å². The molecule has 0 radical (unpaired) electrons. The van der Waals surface area contributed by atoms with Gasteiger partial charge in [-0.25, -0.2) is 4.79 Å². The van der Waals surface area contributed by atoms with Gasteiger partial charge in [-0.2, -0.15) is 0 Å². The lowest BCUT2D eigenvalue weighted by molar-refractivity contribution is -0.143. The van der Waals surface area contributed by atoms with E-state index in [0.717, 1.165) is 5.56 Å². The first-order chi connectivity index (χ1) is 10.0. The summed E-state index contributed by atoms with van der Waals surface area (Å²) in [6.07, 6.45) is -0.0802. The normalized spacial score (nSPS) is 22.5. The van der Waals surface area contributed by atoms with Gasteiger partial charge in [0, 0.05) is 19.1 Å². The molecule has 1 aliphatic rings. The molecule has 1 unspecified atom stereocenters. The van der Waals surface area contributed by atoms with Crippen molar-refractivity contribution in [1.29, 1.82) is 0 Å². The summed E-state index contributed by atoms with van der Waals surface area (Å²) in [4.78, 5) is 24.7. The van der Waals surface area contributed by atoms with Gasteiger partial charge in [-0.1, -0.05) is 30.3 Å². The number of ether oxygens (including phenoxy) is 1. The molecule has 2 atom stereocenters. The summed E-state index contributed by atoms with van der Waals surface area (Å²) in [6, 6.07) is 9.21. The summed E-state index contributed by atoms with van der Waals surface area (Å²) in [5.74, 6) is -1.28. The smallest absolute Gasteiger partial charge is 0.407 e.